The number of rotatable bonds is 5. The van der Waals surface area contributed by atoms with Crippen LogP contribution in [0.1, 0.15) is 20.9 Å². The Balaban J connectivity index is 1.56. The van der Waals surface area contributed by atoms with Crippen molar-refractivity contribution in [3.05, 3.63) is 70.7 Å². The van der Waals surface area contributed by atoms with Crippen LogP contribution in [0.15, 0.2) is 54.6 Å². The first-order chi connectivity index (χ1) is 12.5. The lowest BCUT2D eigenvalue weighted by molar-refractivity contribution is -0.116. The van der Waals surface area contributed by atoms with Gasteiger partial charge in [0.05, 0.1) is 10.2 Å². The van der Waals surface area contributed by atoms with E-state index in [1.165, 1.54) is 11.0 Å². The number of carbonyl (C=O) groups is 2. The molecule has 3 aromatic rings. The molecule has 5 nitrogen and oxygen atoms in total. The van der Waals surface area contributed by atoms with Crippen molar-refractivity contribution in [3.8, 4) is 0 Å². The molecule has 0 atom stereocenters. The smallest absolute Gasteiger partial charge is 0.253 e. The van der Waals surface area contributed by atoms with E-state index in [0.29, 0.717) is 12.1 Å². The number of carbonyl (C=O) groups excluding carboxylic acids is 2. The number of para-hydroxylation sites is 1. The van der Waals surface area contributed by atoms with E-state index in [-0.39, 0.29) is 11.8 Å². The molecular formula is C20H19N3O2S. The molecule has 2 aromatic carbocycles. The molecule has 0 saturated carbocycles. The maximum Gasteiger partial charge on any atom is 0.253 e. The summed E-state index contributed by atoms with van der Waals surface area (Å²) in [4.78, 5) is 29.8. The molecular weight excluding hydrogens is 346 g/mol. The zero-order chi connectivity index (χ0) is 18.5. The molecule has 6 heteroatoms. The molecule has 1 aromatic heterocycles. The Labute approximate surface area is 156 Å². The Morgan fingerprint density at radius 1 is 1.12 bits per heavy atom. The number of thiazole rings is 1. The van der Waals surface area contributed by atoms with Gasteiger partial charge in [0.15, 0.2) is 0 Å². The number of nitrogens with one attached hydrogen (secondary N) is 1. The van der Waals surface area contributed by atoms with Crippen molar-refractivity contribution in [2.24, 2.45) is 0 Å². The van der Waals surface area contributed by atoms with E-state index in [0.717, 1.165) is 20.8 Å². The highest BCUT2D eigenvalue weighted by molar-refractivity contribution is 7.19. The number of hydrogen-bond acceptors (Lipinski definition) is 4. The van der Waals surface area contributed by atoms with Crippen LogP contribution < -0.4 is 5.32 Å². The molecule has 2 amide bonds. The molecule has 0 fully saturated rings. The molecule has 1 heterocycles. The van der Waals surface area contributed by atoms with Crippen LogP contribution in [0.5, 0.6) is 0 Å². The molecule has 0 radical (unpaired) electrons. The Kier molecular flexibility index (Phi) is 5.43. The van der Waals surface area contributed by atoms with Gasteiger partial charge in [-0.15, -0.1) is 11.3 Å². The van der Waals surface area contributed by atoms with E-state index in [1.807, 2.05) is 36.4 Å². The third-order valence-electron chi connectivity index (χ3n) is 3.76. The van der Waals surface area contributed by atoms with Gasteiger partial charge in [-0.2, -0.15) is 0 Å². The second kappa shape index (κ2) is 7.93. The normalized spacial score (nSPS) is 11.0. The van der Waals surface area contributed by atoms with Crippen molar-refractivity contribution in [2.75, 3.05) is 14.1 Å². The van der Waals surface area contributed by atoms with Gasteiger partial charge in [-0.3, -0.25) is 9.59 Å². The highest BCUT2D eigenvalue weighted by Gasteiger charge is 2.07. The second-order valence-corrected chi connectivity index (χ2v) is 7.03. The number of fused-ring (bicyclic) bond motifs is 1. The summed E-state index contributed by atoms with van der Waals surface area (Å²) in [6.45, 7) is 0.402. The molecule has 132 valence electrons. The lowest BCUT2D eigenvalue weighted by Crippen LogP contribution is -2.22. The first-order valence-electron chi connectivity index (χ1n) is 8.15. The van der Waals surface area contributed by atoms with Crippen molar-refractivity contribution in [1.29, 1.82) is 0 Å². The Bertz CT molecular complexity index is 926. The van der Waals surface area contributed by atoms with Crippen LogP contribution in [-0.2, 0) is 11.3 Å². The minimum absolute atomic E-state index is 0.0423. The number of nitrogens with zero attached hydrogens (tertiary/aromatic N) is 2. The van der Waals surface area contributed by atoms with Crippen molar-refractivity contribution in [3.63, 3.8) is 0 Å². The summed E-state index contributed by atoms with van der Waals surface area (Å²) in [6, 6.07) is 15.1. The molecule has 26 heavy (non-hydrogen) atoms. The SMILES string of the molecule is CN(C)C(=O)c1ccc(CNC(=O)/C=C/c2nc3ccccc3s2)cc1. The number of aromatic nitrogens is 1. The summed E-state index contributed by atoms with van der Waals surface area (Å²) in [5, 5.41) is 3.63. The fourth-order valence-corrected chi connectivity index (χ4v) is 3.25. The van der Waals surface area contributed by atoms with Gasteiger partial charge in [0, 0.05) is 32.3 Å². The van der Waals surface area contributed by atoms with Crippen LogP contribution in [0.25, 0.3) is 16.3 Å². The van der Waals surface area contributed by atoms with Crippen molar-refractivity contribution < 1.29 is 9.59 Å². The minimum atomic E-state index is -0.183. The fraction of sp³-hybridized carbons (Fsp3) is 0.150. The molecule has 1 N–H and O–H groups in total. The Morgan fingerprint density at radius 3 is 2.54 bits per heavy atom. The van der Waals surface area contributed by atoms with Crippen LogP contribution >= 0.6 is 11.3 Å². The van der Waals surface area contributed by atoms with Crippen molar-refractivity contribution >= 4 is 39.4 Å². The van der Waals surface area contributed by atoms with E-state index >= 15 is 0 Å². The van der Waals surface area contributed by atoms with Crippen LogP contribution in [0.4, 0.5) is 0 Å². The largest absolute Gasteiger partial charge is 0.348 e. The summed E-state index contributed by atoms with van der Waals surface area (Å²) < 4.78 is 1.10. The molecule has 0 saturated heterocycles. The van der Waals surface area contributed by atoms with Crippen LogP contribution in [0.3, 0.4) is 0 Å². The van der Waals surface area contributed by atoms with Crippen LogP contribution in [0, 0.1) is 0 Å². The van der Waals surface area contributed by atoms with Gasteiger partial charge in [-0.1, -0.05) is 24.3 Å². The lowest BCUT2D eigenvalue weighted by Gasteiger charge is -2.10. The van der Waals surface area contributed by atoms with E-state index in [2.05, 4.69) is 10.3 Å². The van der Waals surface area contributed by atoms with Crippen molar-refractivity contribution in [2.45, 2.75) is 6.54 Å². The Hall–Kier alpha value is -2.99. The second-order valence-electron chi connectivity index (χ2n) is 5.97. The van der Waals surface area contributed by atoms with Gasteiger partial charge >= 0.3 is 0 Å². The summed E-state index contributed by atoms with van der Waals surface area (Å²) in [7, 11) is 3.43. The predicted octanol–water partition coefficient (Wildman–Crippen LogP) is 3.33. The quantitative estimate of drug-likeness (QED) is 0.706. The maximum atomic E-state index is 12.0. The highest BCUT2D eigenvalue weighted by atomic mass is 32.1. The standard InChI is InChI=1S/C20H19N3O2S/c1-23(2)20(25)15-9-7-14(8-10-15)13-21-18(24)11-12-19-22-16-5-3-4-6-17(16)26-19/h3-12H,13H2,1-2H3,(H,21,24)/b12-11+. The molecule has 0 spiro atoms. The molecule has 0 aliphatic carbocycles. The first-order valence-corrected chi connectivity index (χ1v) is 8.96. The zero-order valence-corrected chi connectivity index (χ0v) is 15.4. The van der Waals surface area contributed by atoms with Gasteiger partial charge in [-0.25, -0.2) is 4.98 Å². The van der Waals surface area contributed by atoms with Crippen LogP contribution in [-0.4, -0.2) is 35.8 Å². The first kappa shape index (κ1) is 17.8. The van der Waals surface area contributed by atoms with Gasteiger partial charge in [0.1, 0.15) is 5.01 Å². The van der Waals surface area contributed by atoms with Gasteiger partial charge < -0.3 is 10.2 Å². The third kappa shape index (κ3) is 4.34. The average Bonchev–Trinajstić information content (AvgIpc) is 3.07. The molecule has 0 bridgehead atoms. The summed E-state index contributed by atoms with van der Waals surface area (Å²) >= 11 is 1.55. The summed E-state index contributed by atoms with van der Waals surface area (Å²) in [6.07, 6.45) is 3.21. The number of hydrogen-bond donors (Lipinski definition) is 1. The van der Waals surface area contributed by atoms with Crippen molar-refractivity contribution in [1.82, 2.24) is 15.2 Å². The van der Waals surface area contributed by atoms with Gasteiger partial charge in [0.2, 0.25) is 5.91 Å². The van der Waals surface area contributed by atoms with E-state index in [1.54, 1.807) is 43.6 Å². The minimum Gasteiger partial charge on any atom is -0.348 e. The van der Waals surface area contributed by atoms with Gasteiger partial charge in [-0.05, 0) is 35.9 Å². The molecule has 0 unspecified atom stereocenters. The third-order valence-corrected chi connectivity index (χ3v) is 4.76. The topological polar surface area (TPSA) is 62.3 Å². The maximum absolute atomic E-state index is 12.0. The lowest BCUT2D eigenvalue weighted by atomic mass is 10.1. The van der Waals surface area contributed by atoms with E-state index < -0.39 is 0 Å². The molecule has 3 rings (SSSR count). The van der Waals surface area contributed by atoms with E-state index in [9.17, 15) is 9.59 Å². The summed E-state index contributed by atoms with van der Waals surface area (Å²) in [5.74, 6) is -0.225. The number of amides is 2. The predicted molar refractivity (Wildman–Crippen MR) is 105 cm³/mol. The zero-order valence-electron chi connectivity index (χ0n) is 14.6. The Morgan fingerprint density at radius 2 is 1.85 bits per heavy atom. The van der Waals surface area contributed by atoms with E-state index in [4.69, 9.17) is 0 Å². The highest BCUT2D eigenvalue weighted by Crippen LogP contribution is 2.22. The number of benzene rings is 2. The molecule has 0 aliphatic heterocycles. The van der Waals surface area contributed by atoms with Crippen LogP contribution in [0.2, 0.25) is 0 Å². The fourth-order valence-electron chi connectivity index (χ4n) is 2.38. The van der Waals surface area contributed by atoms with Gasteiger partial charge in [0.25, 0.3) is 5.91 Å². The average molecular weight is 365 g/mol. The summed E-state index contributed by atoms with van der Waals surface area (Å²) in [5.41, 5.74) is 2.49. The molecule has 0 aliphatic rings. The monoisotopic (exact) mass is 365 g/mol.